The third kappa shape index (κ3) is 1.76. The third-order valence-electron chi connectivity index (χ3n) is 0.600. The zero-order chi connectivity index (χ0) is 4.99. The lowest BCUT2D eigenvalue weighted by molar-refractivity contribution is -0.120. The summed E-state index contributed by atoms with van der Waals surface area (Å²) < 4.78 is 0. The van der Waals surface area contributed by atoms with E-state index in [4.69, 9.17) is 0 Å². The second-order valence-electron chi connectivity index (χ2n) is 1.03. The molecule has 0 aliphatic heterocycles. The Morgan fingerprint density at radius 1 is 1.83 bits per heavy atom. The Balaban J connectivity index is 2.99. The molecule has 0 fully saturated rings. The van der Waals surface area contributed by atoms with Crippen molar-refractivity contribution in [1.29, 1.82) is 0 Å². The van der Waals surface area contributed by atoms with Gasteiger partial charge in [0.2, 0.25) is 5.91 Å². The molecule has 1 N–H and O–H groups in total. The molecule has 0 aromatic carbocycles. The number of hydrogen-bond donors (Lipinski definition) is 1. The second kappa shape index (κ2) is 2.69. The van der Waals surface area contributed by atoms with E-state index >= 15 is 0 Å². The van der Waals surface area contributed by atoms with Gasteiger partial charge in [0.05, 0.1) is 0 Å². The molecule has 0 aromatic heterocycles. The molecule has 0 atom stereocenters. The Hall–Kier alpha value is -0.530. The highest BCUT2D eigenvalue weighted by Crippen LogP contribution is 1.68. The molecule has 0 spiro atoms. The topological polar surface area (TPSA) is 29.1 Å². The number of nitrogens with one attached hydrogen (secondary N) is 1. The molecule has 0 aliphatic carbocycles. The van der Waals surface area contributed by atoms with Gasteiger partial charge in [-0.1, -0.05) is 6.92 Å². The van der Waals surface area contributed by atoms with Crippen molar-refractivity contribution >= 4 is 5.91 Å². The van der Waals surface area contributed by atoms with Crippen molar-refractivity contribution in [3.63, 3.8) is 0 Å². The summed E-state index contributed by atoms with van der Waals surface area (Å²) in [6.45, 7) is 1.82. The quantitative estimate of drug-likeness (QED) is 0.484. The van der Waals surface area contributed by atoms with Crippen LogP contribution >= 0.6 is 0 Å². The van der Waals surface area contributed by atoms with Gasteiger partial charge in [-0.15, -0.1) is 0 Å². The smallest absolute Gasteiger partial charge is 0.219 e. The molecule has 0 aliphatic rings. The van der Waals surface area contributed by atoms with Crippen molar-refractivity contribution < 1.29 is 4.79 Å². The summed E-state index contributed by atoms with van der Waals surface area (Å²) in [5, 5.41) is 2.48. The Bertz CT molecular complexity index is 45.5. The molecule has 2 nitrogen and oxygen atoms in total. The van der Waals surface area contributed by atoms with E-state index in [1.165, 1.54) is 0 Å². The largest absolute Gasteiger partial charge is 0.359 e. The average molecular weight is 87.1 g/mol. The molecule has 1 amide bonds. The van der Waals surface area contributed by atoms with Crippen LogP contribution in [0.15, 0.2) is 0 Å². The molecular weight excluding hydrogens is 78.0 g/mol. The molecule has 36 valence electrons. The minimum absolute atomic E-state index is 0.0926. The van der Waals surface area contributed by atoms with Gasteiger partial charge < -0.3 is 5.32 Å². The van der Waals surface area contributed by atoms with E-state index in [1.807, 2.05) is 6.92 Å². The highest BCUT2D eigenvalue weighted by Gasteiger charge is 1.84. The van der Waals surface area contributed by atoms with Crippen molar-refractivity contribution in [2.45, 2.75) is 13.3 Å². The second-order valence-corrected chi connectivity index (χ2v) is 1.03. The Morgan fingerprint density at radius 3 is 2.33 bits per heavy atom. The van der Waals surface area contributed by atoms with Gasteiger partial charge in [-0.05, 0) is 0 Å². The SMILES string of the molecule is CCC(=O)NC. The Kier molecular flexibility index (Phi) is 2.46. The molecular formula is C4H9NO. The van der Waals surface area contributed by atoms with Crippen molar-refractivity contribution in [3.05, 3.63) is 0 Å². The summed E-state index contributed by atoms with van der Waals surface area (Å²) in [6.07, 6.45) is 0.580. The predicted molar refractivity (Wildman–Crippen MR) is 24.4 cm³/mol. The van der Waals surface area contributed by atoms with Crippen LogP contribution in [0.4, 0.5) is 0 Å². The Morgan fingerprint density at radius 2 is 2.33 bits per heavy atom. The van der Waals surface area contributed by atoms with Crippen LogP contribution in [-0.2, 0) is 4.79 Å². The van der Waals surface area contributed by atoms with Gasteiger partial charge in [-0.25, -0.2) is 0 Å². The standard InChI is InChI=1S/C4H9NO/c1-3-4(6)5-2/h3H2,1-2H3,(H,5,6). The summed E-state index contributed by atoms with van der Waals surface area (Å²) in [7, 11) is 1.63. The molecule has 2 heteroatoms. The van der Waals surface area contributed by atoms with Gasteiger partial charge in [-0.2, -0.15) is 0 Å². The van der Waals surface area contributed by atoms with Crippen LogP contribution in [0.1, 0.15) is 13.3 Å². The number of amides is 1. The molecule has 0 unspecified atom stereocenters. The van der Waals surface area contributed by atoms with E-state index in [0.717, 1.165) is 0 Å². The molecule has 0 rings (SSSR count). The van der Waals surface area contributed by atoms with E-state index in [0.29, 0.717) is 6.42 Å². The first-order valence-corrected chi connectivity index (χ1v) is 2.01. The molecule has 0 heterocycles. The first-order chi connectivity index (χ1) is 2.81. The van der Waals surface area contributed by atoms with Gasteiger partial charge >= 0.3 is 0 Å². The highest BCUT2D eigenvalue weighted by molar-refractivity contribution is 5.74. The van der Waals surface area contributed by atoms with E-state index in [2.05, 4.69) is 5.32 Å². The summed E-state index contributed by atoms with van der Waals surface area (Å²) >= 11 is 0. The van der Waals surface area contributed by atoms with Crippen LogP contribution in [-0.4, -0.2) is 13.0 Å². The molecule has 6 heavy (non-hydrogen) atoms. The minimum Gasteiger partial charge on any atom is -0.359 e. The van der Waals surface area contributed by atoms with Crippen molar-refractivity contribution in [2.24, 2.45) is 0 Å². The fourth-order valence-corrected chi connectivity index (χ4v) is 0.177. The average Bonchev–Trinajstić information content (AvgIpc) is 1.65. The predicted octanol–water partition coefficient (Wildman–Crippen LogP) is 0.142. The van der Waals surface area contributed by atoms with Crippen molar-refractivity contribution in [2.75, 3.05) is 7.05 Å². The molecule has 0 bridgehead atoms. The van der Waals surface area contributed by atoms with E-state index in [1.54, 1.807) is 7.05 Å². The van der Waals surface area contributed by atoms with Gasteiger partial charge in [0.25, 0.3) is 0 Å². The highest BCUT2D eigenvalue weighted by atomic mass is 16.1. The normalized spacial score (nSPS) is 7.67. The van der Waals surface area contributed by atoms with Crippen molar-refractivity contribution in [1.82, 2.24) is 5.32 Å². The summed E-state index contributed by atoms with van der Waals surface area (Å²) in [5.41, 5.74) is 0. The minimum atomic E-state index is 0.0926. The maximum atomic E-state index is 10.1. The maximum Gasteiger partial charge on any atom is 0.219 e. The van der Waals surface area contributed by atoms with Crippen LogP contribution < -0.4 is 5.32 Å². The molecule has 0 radical (unpaired) electrons. The molecule has 0 saturated carbocycles. The van der Waals surface area contributed by atoms with E-state index in [9.17, 15) is 4.79 Å². The number of rotatable bonds is 1. The first kappa shape index (κ1) is 5.47. The fraction of sp³-hybridized carbons (Fsp3) is 0.750. The van der Waals surface area contributed by atoms with Gasteiger partial charge in [0, 0.05) is 13.5 Å². The lowest BCUT2D eigenvalue weighted by atomic mass is 10.5. The van der Waals surface area contributed by atoms with Gasteiger partial charge in [0.1, 0.15) is 0 Å². The van der Waals surface area contributed by atoms with Crippen LogP contribution in [0.2, 0.25) is 0 Å². The van der Waals surface area contributed by atoms with Gasteiger partial charge in [-0.3, -0.25) is 4.79 Å². The van der Waals surface area contributed by atoms with Crippen LogP contribution in [0.5, 0.6) is 0 Å². The number of carbonyl (C=O) groups excluding carboxylic acids is 1. The lowest BCUT2D eigenvalue weighted by Gasteiger charge is -1.87. The van der Waals surface area contributed by atoms with Crippen LogP contribution in [0.25, 0.3) is 0 Å². The van der Waals surface area contributed by atoms with E-state index < -0.39 is 0 Å². The number of carbonyl (C=O) groups is 1. The van der Waals surface area contributed by atoms with Gasteiger partial charge in [0.15, 0.2) is 0 Å². The van der Waals surface area contributed by atoms with Crippen LogP contribution in [0, 0.1) is 0 Å². The maximum absolute atomic E-state index is 10.1. The summed E-state index contributed by atoms with van der Waals surface area (Å²) in [4.78, 5) is 10.1. The Labute approximate surface area is 37.5 Å². The fourth-order valence-electron chi connectivity index (χ4n) is 0.177. The zero-order valence-corrected chi connectivity index (χ0v) is 4.12. The lowest BCUT2D eigenvalue weighted by Crippen LogP contribution is -2.15. The number of hydrogen-bond acceptors (Lipinski definition) is 1. The van der Waals surface area contributed by atoms with Crippen molar-refractivity contribution in [3.8, 4) is 0 Å². The third-order valence-corrected chi connectivity index (χ3v) is 0.600. The first-order valence-electron chi connectivity index (χ1n) is 2.01. The molecule has 0 aromatic rings. The molecule has 0 saturated heterocycles. The zero-order valence-electron chi connectivity index (χ0n) is 4.12. The summed E-state index contributed by atoms with van der Waals surface area (Å²) in [5.74, 6) is 0.0926. The summed E-state index contributed by atoms with van der Waals surface area (Å²) in [6, 6.07) is 0. The van der Waals surface area contributed by atoms with Crippen LogP contribution in [0.3, 0.4) is 0 Å². The monoisotopic (exact) mass is 87.1 g/mol. The van der Waals surface area contributed by atoms with E-state index in [-0.39, 0.29) is 5.91 Å².